The molecular formula is C7H14. The van der Waals surface area contributed by atoms with E-state index in [1.54, 1.807) is 5.57 Å². The molecule has 0 radical (unpaired) electrons. The molecule has 1 aliphatic carbocycles. The topological polar surface area (TPSA) is 0 Å². The highest BCUT2D eigenvalue weighted by molar-refractivity contribution is 5.07. The summed E-state index contributed by atoms with van der Waals surface area (Å²) in [7, 11) is 0. The molecule has 0 N–H and O–H groups in total. The molecule has 0 aliphatic heterocycles. The van der Waals surface area contributed by atoms with Crippen LogP contribution in [0.15, 0.2) is 11.6 Å². The van der Waals surface area contributed by atoms with Crippen LogP contribution < -0.4 is 0 Å². The predicted molar refractivity (Wildman–Crippen MR) is 34.3 cm³/mol. The summed E-state index contributed by atoms with van der Waals surface area (Å²) in [6.45, 7) is 6.17. The highest BCUT2D eigenvalue weighted by atomic mass is 14.0. The second kappa shape index (κ2) is 3.91. The summed E-state index contributed by atoms with van der Waals surface area (Å²) in [5, 5.41) is 0. The monoisotopic (exact) mass is 98.1 g/mol. The number of allylic oxidation sites excluding steroid dienone is 2. The van der Waals surface area contributed by atoms with Crippen molar-refractivity contribution in [2.24, 2.45) is 0 Å². The molecule has 1 aliphatic rings. The van der Waals surface area contributed by atoms with E-state index < -0.39 is 0 Å². The van der Waals surface area contributed by atoms with Gasteiger partial charge in [-0.05, 0) is 19.8 Å². The molecule has 0 fully saturated rings. The Morgan fingerprint density at radius 1 is 1.43 bits per heavy atom. The maximum atomic E-state index is 2.26. The van der Waals surface area contributed by atoms with Gasteiger partial charge in [-0.2, -0.15) is 0 Å². The zero-order valence-electron chi connectivity index (χ0n) is 5.49. The lowest BCUT2D eigenvalue weighted by Crippen LogP contribution is -1.84. The molecule has 0 heteroatoms. The van der Waals surface area contributed by atoms with Crippen molar-refractivity contribution < 1.29 is 0 Å². The first-order chi connectivity index (χ1) is 3.39. The third-order valence-electron chi connectivity index (χ3n) is 1.03. The molecule has 0 aromatic heterocycles. The van der Waals surface area contributed by atoms with E-state index in [9.17, 15) is 0 Å². The summed E-state index contributed by atoms with van der Waals surface area (Å²) in [5.74, 6) is 0. The van der Waals surface area contributed by atoms with Crippen molar-refractivity contribution in [1.29, 1.82) is 0 Å². The normalized spacial score (nSPS) is 15.6. The molecule has 0 aromatic carbocycles. The van der Waals surface area contributed by atoms with E-state index in [0.717, 1.165) is 0 Å². The lowest BCUT2D eigenvalue weighted by atomic mass is 10.0. The molecule has 7 heavy (non-hydrogen) atoms. The van der Waals surface area contributed by atoms with Gasteiger partial charge in [0.15, 0.2) is 0 Å². The van der Waals surface area contributed by atoms with Crippen LogP contribution in [0.5, 0.6) is 0 Å². The van der Waals surface area contributed by atoms with Crippen molar-refractivity contribution in [2.45, 2.75) is 33.6 Å². The summed E-state index contributed by atoms with van der Waals surface area (Å²) in [6, 6.07) is 0. The van der Waals surface area contributed by atoms with Crippen molar-refractivity contribution >= 4 is 0 Å². The highest BCUT2D eigenvalue weighted by Gasteiger charge is 1.94. The van der Waals surface area contributed by atoms with Gasteiger partial charge < -0.3 is 0 Å². The molecule has 0 amide bonds. The van der Waals surface area contributed by atoms with E-state index in [2.05, 4.69) is 13.0 Å². The van der Waals surface area contributed by atoms with Gasteiger partial charge in [-0.25, -0.2) is 0 Å². The van der Waals surface area contributed by atoms with Gasteiger partial charge in [0.1, 0.15) is 0 Å². The van der Waals surface area contributed by atoms with E-state index in [4.69, 9.17) is 0 Å². The van der Waals surface area contributed by atoms with Crippen molar-refractivity contribution in [3.63, 3.8) is 0 Å². The zero-order valence-corrected chi connectivity index (χ0v) is 5.49. The molecule has 0 unspecified atom stereocenters. The molecule has 42 valence electrons. The quantitative estimate of drug-likeness (QED) is 0.409. The van der Waals surface area contributed by atoms with E-state index in [-0.39, 0.29) is 0 Å². The highest BCUT2D eigenvalue weighted by Crippen LogP contribution is 2.14. The third kappa shape index (κ3) is 2.44. The van der Waals surface area contributed by atoms with Gasteiger partial charge in [0.05, 0.1) is 0 Å². The molecule has 1 rings (SSSR count). The van der Waals surface area contributed by atoms with Crippen molar-refractivity contribution in [1.82, 2.24) is 0 Å². The van der Waals surface area contributed by atoms with Gasteiger partial charge >= 0.3 is 0 Å². The fourth-order valence-corrected chi connectivity index (χ4v) is 0.433. The maximum absolute atomic E-state index is 2.26. The second-order valence-corrected chi connectivity index (χ2v) is 1.59. The lowest BCUT2D eigenvalue weighted by molar-refractivity contribution is 0.875. The predicted octanol–water partition coefficient (Wildman–Crippen LogP) is 2.75. The van der Waals surface area contributed by atoms with Crippen LogP contribution in [0.4, 0.5) is 0 Å². The molecule has 0 spiro atoms. The van der Waals surface area contributed by atoms with Crippen molar-refractivity contribution in [2.75, 3.05) is 0 Å². The summed E-state index contributed by atoms with van der Waals surface area (Å²) in [6.07, 6.45) is 4.94. The lowest BCUT2D eigenvalue weighted by Gasteiger charge is -2.05. The Balaban J connectivity index is 0.000000162. The fraction of sp³-hybridized carbons (Fsp3) is 0.714. The summed E-state index contributed by atoms with van der Waals surface area (Å²) >= 11 is 0. The Morgan fingerprint density at radius 3 is 1.71 bits per heavy atom. The molecule has 0 saturated heterocycles. The van der Waals surface area contributed by atoms with Crippen LogP contribution in [-0.2, 0) is 0 Å². The minimum Gasteiger partial charge on any atom is -0.0853 e. The first-order valence-electron chi connectivity index (χ1n) is 3.05. The summed E-state index contributed by atoms with van der Waals surface area (Å²) in [4.78, 5) is 0. The molecule has 0 heterocycles. The smallest absolute Gasteiger partial charge is 0.0288 e. The molecule has 0 atom stereocenters. The molecule has 0 saturated carbocycles. The van der Waals surface area contributed by atoms with Gasteiger partial charge in [0, 0.05) is 0 Å². The van der Waals surface area contributed by atoms with Crippen molar-refractivity contribution in [3.8, 4) is 0 Å². The summed E-state index contributed by atoms with van der Waals surface area (Å²) in [5.41, 5.74) is 1.56. The standard InChI is InChI=1S/C5H8.C2H6/c1-5-3-2-4-5;1-2/h3H,2,4H2,1H3;1-2H3. The van der Waals surface area contributed by atoms with E-state index in [1.807, 2.05) is 13.8 Å². The fourth-order valence-electron chi connectivity index (χ4n) is 0.433. The van der Waals surface area contributed by atoms with Gasteiger partial charge in [-0.15, -0.1) is 0 Å². The average Bonchev–Trinajstić information content (AvgIpc) is 1.68. The molecule has 0 aromatic rings. The van der Waals surface area contributed by atoms with Crippen molar-refractivity contribution in [3.05, 3.63) is 11.6 Å². The molecular weight excluding hydrogens is 84.1 g/mol. The Kier molecular flexibility index (Phi) is 3.77. The average molecular weight is 98.2 g/mol. The SMILES string of the molecule is CC.CC1=CCC1. The largest absolute Gasteiger partial charge is 0.0853 e. The Hall–Kier alpha value is -0.260. The van der Waals surface area contributed by atoms with Gasteiger partial charge in [0.25, 0.3) is 0 Å². The zero-order chi connectivity index (χ0) is 5.70. The third-order valence-corrected chi connectivity index (χ3v) is 1.03. The van der Waals surface area contributed by atoms with Crippen LogP contribution in [0.3, 0.4) is 0 Å². The van der Waals surface area contributed by atoms with Crippen LogP contribution >= 0.6 is 0 Å². The second-order valence-electron chi connectivity index (χ2n) is 1.59. The molecule has 0 nitrogen and oxygen atoms in total. The Labute approximate surface area is 46.2 Å². The van der Waals surface area contributed by atoms with Gasteiger partial charge in [0.2, 0.25) is 0 Å². The van der Waals surface area contributed by atoms with Crippen LogP contribution in [0, 0.1) is 0 Å². The minimum atomic E-state index is 1.33. The number of hydrogen-bond acceptors (Lipinski definition) is 0. The van der Waals surface area contributed by atoms with Crippen LogP contribution in [0.1, 0.15) is 33.6 Å². The minimum absolute atomic E-state index is 1.33. The van der Waals surface area contributed by atoms with Gasteiger partial charge in [-0.3, -0.25) is 0 Å². The van der Waals surface area contributed by atoms with E-state index in [0.29, 0.717) is 0 Å². The van der Waals surface area contributed by atoms with Crippen LogP contribution in [0.25, 0.3) is 0 Å². The number of rotatable bonds is 0. The Bertz CT molecular complexity index is 60.4. The number of hydrogen-bond donors (Lipinski definition) is 0. The maximum Gasteiger partial charge on any atom is -0.0288 e. The van der Waals surface area contributed by atoms with E-state index in [1.165, 1.54) is 12.8 Å². The Morgan fingerprint density at radius 2 is 1.71 bits per heavy atom. The van der Waals surface area contributed by atoms with Crippen LogP contribution in [-0.4, -0.2) is 0 Å². The van der Waals surface area contributed by atoms with E-state index >= 15 is 0 Å². The summed E-state index contributed by atoms with van der Waals surface area (Å²) < 4.78 is 0. The first kappa shape index (κ1) is 6.74. The van der Waals surface area contributed by atoms with Crippen LogP contribution in [0.2, 0.25) is 0 Å². The van der Waals surface area contributed by atoms with Gasteiger partial charge in [-0.1, -0.05) is 25.5 Å². The molecule has 0 bridgehead atoms. The first-order valence-corrected chi connectivity index (χ1v) is 3.05.